The van der Waals surface area contributed by atoms with E-state index in [0.29, 0.717) is 31.0 Å². The van der Waals surface area contributed by atoms with Crippen LogP contribution in [0.3, 0.4) is 0 Å². The molecule has 0 aliphatic carbocycles. The second-order valence-electron chi connectivity index (χ2n) is 7.05. The van der Waals surface area contributed by atoms with Crippen LogP contribution in [0.1, 0.15) is 36.0 Å². The van der Waals surface area contributed by atoms with E-state index in [2.05, 4.69) is 20.6 Å². The zero-order valence-corrected chi connectivity index (χ0v) is 17.2. The highest BCUT2D eigenvalue weighted by Gasteiger charge is 2.30. The number of nitrogens with one attached hydrogen (secondary N) is 2. The Bertz CT molecular complexity index is 818. The van der Waals surface area contributed by atoms with Gasteiger partial charge in [-0.25, -0.2) is 4.98 Å². The standard InChI is InChI=1S/C21H28F3N5/c1-15(16-7-5-9-18(13-16)21(22,23)24)10-12-27-20(25-2)28-14-17-8-6-11-26-19(17)29(3)4/h5-9,11,13,15H,10,12,14H2,1-4H3,(H2,25,27,28). The molecule has 5 nitrogen and oxygen atoms in total. The Kier molecular flexibility index (Phi) is 7.87. The lowest BCUT2D eigenvalue weighted by Crippen LogP contribution is -2.37. The van der Waals surface area contributed by atoms with Crippen LogP contribution in [0.5, 0.6) is 0 Å². The van der Waals surface area contributed by atoms with Gasteiger partial charge in [-0.15, -0.1) is 0 Å². The number of hydrogen-bond donors (Lipinski definition) is 2. The SMILES string of the molecule is CN=C(NCCC(C)c1cccc(C(F)(F)F)c1)NCc1cccnc1N(C)C. The molecule has 1 atom stereocenters. The molecule has 0 fully saturated rings. The molecule has 0 spiro atoms. The summed E-state index contributed by atoms with van der Waals surface area (Å²) in [5.74, 6) is 1.50. The summed E-state index contributed by atoms with van der Waals surface area (Å²) >= 11 is 0. The molecule has 29 heavy (non-hydrogen) atoms. The fourth-order valence-corrected chi connectivity index (χ4v) is 2.97. The Hall–Kier alpha value is -2.77. The van der Waals surface area contributed by atoms with Gasteiger partial charge in [-0.05, 0) is 30.0 Å². The summed E-state index contributed by atoms with van der Waals surface area (Å²) in [6.45, 7) is 3.07. The van der Waals surface area contributed by atoms with Crippen molar-refractivity contribution >= 4 is 11.8 Å². The van der Waals surface area contributed by atoms with Crippen LogP contribution in [0.4, 0.5) is 19.0 Å². The molecule has 1 aromatic heterocycles. The number of aromatic nitrogens is 1. The van der Waals surface area contributed by atoms with Crippen LogP contribution in [-0.4, -0.2) is 38.6 Å². The molecular formula is C21H28F3N5. The molecule has 1 aromatic carbocycles. The highest BCUT2D eigenvalue weighted by Crippen LogP contribution is 2.31. The lowest BCUT2D eigenvalue weighted by molar-refractivity contribution is -0.137. The van der Waals surface area contributed by atoms with Crippen molar-refractivity contribution in [3.63, 3.8) is 0 Å². The first-order valence-electron chi connectivity index (χ1n) is 9.45. The number of halogens is 3. The molecule has 0 amide bonds. The predicted molar refractivity (Wildman–Crippen MR) is 111 cm³/mol. The van der Waals surface area contributed by atoms with Gasteiger partial charge in [0.1, 0.15) is 5.82 Å². The van der Waals surface area contributed by atoms with Crippen molar-refractivity contribution in [1.29, 1.82) is 0 Å². The van der Waals surface area contributed by atoms with Gasteiger partial charge in [0, 0.05) is 46.0 Å². The molecule has 1 unspecified atom stereocenters. The van der Waals surface area contributed by atoms with Gasteiger partial charge in [0.15, 0.2) is 5.96 Å². The summed E-state index contributed by atoms with van der Waals surface area (Å²) in [4.78, 5) is 10.5. The van der Waals surface area contributed by atoms with E-state index in [0.717, 1.165) is 17.4 Å². The van der Waals surface area contributed by atoms with E-state index >= 15 is 0 Å². The van der Waals surface area contributed by atoms with E-state index in [1.807, 2.05) is 38.1 Å². The Morgan fingerprint density at radius 2 is 1.93 bits per heavy atom. The number of benzene rings is 1. The van der Waals surface area contributed by atoms with Crippen LogP contribution in [0.25, 0.3) is 0 Å². The Morgan fingerprint density at radius 3 is 2.59 bits per heavy atom. The zero-order chi connectivity index (χ0) is 21.4. The largest absolute Gasteiger partial charge is 0.416 e. The number of alkyl halides is 3. The van der Waals surface area contributed by atoms with E-state index in [-0.39, 0.29) is 5.92 Å². The average Bonchev–Trinajstić information content (AvgIpc) is 2.70. The minimum atomic E-state index is -4.32. The maximum Gasteiger partial charge on any atom is 0.416 e. The van der Waals surface area contributed by atoms with Crippen molar-refractivity contribution in [3.05, 3.63) is 59.3 Å². The van der Waals surface area contributed by atoms with Gasteiger partial charge in [0.25, 0.3) is 0 Å². The topological polar surface area (TPSA) is 52.6 Å². The summed E-state index contributed by atoms with van der Waals surface area (Å²) in [6.07, 6.45) is -1.89. The van der Waals surface area contributed by atoms with E-state index in [4.69, 9.17) is 0 Å². The van der Waals surface area contributed by atoms with Crippen LogP contribution in [0.15, 0.2) is 47.6 Å². The van der Waals surface area contributed by atoms with Crippen molar-refractivity contribution in [2.24, 2.45) is 4.99 Å². The maximum absolute atomic E-state index is 12.9. The quantitative estimate of drug-likeness (QED) is 0.538. The predicted octanol–water partition coefficient (Wildman–Crippen LogP) is 4.03. The molecule has 158 valence electrons. The van der Waals surface area contributed by atoms with Gasteiger partial charge in [-0.2, -0.15) is 13.2 Å². The number of pyridine rings is 1. The molecule has 2 N–H and O–H groups in total. The first-order valence-corrected chi connectivity index (χ1v) is 9.45. The van der Waals surface area contributed by atoms with Gasteiger partial charge in [-0.1, -0.05) is 31.2 Å². The number of nitrogens with zero attached hydrogens (tertiary/aromatic N) is 3. The fraction of sp³-hybridized carbons (Fsp3) is 0.429. The minimum absolute atomic E-state index is 0.0124. The first kappa shape index (κ1) is 22.5. The normalized spacial score (nSPS) is 13.1. The van der Waals surface area contributed by atoms with Crippen LogP contribution < -0.4 is 15.5 Å². The van der Waals surface area contributed by atoms with E-state index in [9.17, 15) is 13.2 Å². The number of hydrogen-bond acceptors (Lipinski definition) is 3. The molecule has 1 heterocycles. The van der Waals surface area contributed by atoms with Gasteiger partial charge in [-0.3, -0.25) is 4.99 Å². The van der Waals surface area contributed by atoms with Gasteiger partial charge < -0.3 is 15.5 Å². The van der Waals surface area contributed by atoms with Gasteiger partial charge in [0.2, 0.25) is 0 Å². The molecule has 2 aromatic rings. The van der Waals surface area contributed by atoms with Crippen molar-refractivity contribution in [3.8, 4) is 0 Å². The van der Waals surface area contributed by atoms with Gasteiger partial charge in [0.05, 0.1) is 5.56 Å². The van der Waals surface area contributed by atoms with E-state index in [1.54, 1.807) is 19.3 Å². The van der Waals surface area contributed by atoms with E-state index in [1.165, 1.54) is 12.1 Å². The summed E-state index contributed by atoms with van der Waals surface area (Å²) in [6, 6.07) is 9.40. The molecular weight excluding hydrogens is 379 g/mol. The first-order chi connectivity index (χ1) is 13.7. The number of anilines is 1. The second-order valence-corrected chi connectivity index (χ2v) is 7.05. The summed E-state index contributed by atoms with van der Waals surface area (Å²) < 4.78 is 38.7. The summed E-state index contributed by atoms with van der Waals surface area (Å²) in [5.41, 5.74) is 1.11. The van der Waals surface area contributed by atoms with Crippen molar-refractivity contribution in [1.82, 2.24) is 15.6 Å². The van der Waals surface area contributed by atoms with Crippen molar-refractivity contribution < 1.29 is 13.2 Å². The van der Waals surface area contributed by atoms with Crippen LogP contribution in [-0.2, 0) is 12.7 Å². The van der Waals surface area contributed by atoms with Crippen molar-refractivity contribution in [2.75, 3.05) is 32.6 Å². The third kappa shape index (κ3) is 6.66. The lowest BCUT2D eigenvalue weighted by atomic mass is 9.96. The third-order valence-electron chi connectivity index (χ3n) is 4.61. The van der Waals surface area contributed by atoms with Crippen LogP contribution in [0, 0.1) is 0 Å². The fourth-order valence-electron chi connectivity index (χ4n) is 2.97. The maximum atomic E-state index is 12.9. The zero-order valence-electron chi connectivity index (χ0n) is 17.2. The highest BCUT2D eigenvalue weighted by atomic mass is 19.4. The van der Waals surface area contributed by atoms with Crippen LogP contribution in [0.2, 0.25) is 0 Å². The monoisotopic (exact) mass is 407 g/mol. The molecule has 0 saturated carbocycles. The molecule has 0 bridgehead atoms. The summed E-state index contributed by atoms with van der Waals surface area (Å²) in [7, 11) is 5.56. The third-order valence-corrected chi connectivity index (χ3v) is 4.61. The molecule has 0 aliphatic heterocycles. The van der Waals surface area contributed by atoms with Crippen molar-refractivity contribution in [2.45, 2.75) is 32.0 Å². The lowest BCUT2D eigenvalue weighted by Gasteiger charge is -2.18. The minimum Gasteiger partial charge on any atom is -0.362 e. The molecule has 8 heteroatoms. The Morgan fingerprint density at radius 1 is 1.17 bits per heavy atom. The number of aliphatic imine (C=N–C) groups is 1. The molecule has 0 aliphatic rings. The molecule has 0 radical (unpaired) electrons. The molecule has 2 rings (SSSR count). The Balaban J connectivity index is 1.87. The number of guanidine groups is 1. The smallest absolute Gasteiger partial charge is 0.362 e. The van der Waals surface area contributed by atoms with E-state index < -0.39 is 11.7 Å². The van der Waals surface area contributed by atoms with Crippen LogP contribution >= 0.6 is 0 Å². The highest BCUT2D eigenvalue weighted by molar-refractivity contribution is 5.79. The summed E-state index contributed by atoms with van der Waals surface area (Å²) in [5, 5.41) is 6.46. The second kappa shape index (κ2) is 10.1. The molecule has 0 saturated heterocycles. The average molecular weight is 407 g/mol. The van der Waals surface area contributed by atoms with Gasteiger partial charge >= 0.3 is 6.18 Å². The number of rotatable bonds is 7. The Labute approximate surface area is 170 Å².